The first-order chi connectivity index (χ1) is 23.5. The second-order valence-corrected chi connectivity index (χ2v) is 13.2. The van der Waals surface area contributed by atoms with Gasteiger partial charge in [-0.25, -0.2) is 14.0 Å². The molecule has 2 heterocycles. The number of carbonyl (C=O) groups excluding carboxylic acids is 2. The summed E-state index contributed by atoms with van der Waals surface area (Å²) in [6.07, 6.45) is -8.18. The van der Waals surface area contributed by atoms with Crippen molar-refractivity contribution in [1.29, 1.82) is 0 Å². The van der Waals surface area contributed by atoms with Gasteiger partial charge in [0.2, 0.25) is 5.91 Å². The molecular formula is C34H39F7N4O5. The van der Waals surface area contributed by atoms with Gasteiger partial charge in [-0.15, -0.1) is 0 Å². The zero-order valence-electron chi connectivity index (χ0n) is 27.5. The molecule has 2 aliphatic heterocycles. The van der Waals surface area contributed by atoms with Gasteiger partial charge >= 0.3 is 24.5 Å². The minimum atomic E-state index is -5.11. The first kappa shape index (κ1) is 37.2. The lowest BCUT2D eigenvalue weighted by atomic mass is 9.83. The molecule has 0 radical (unpaired) electrons. The molecule has 50 heavy (non-hydrogen) atoms. The normalized spacial score (nSPS) is 23.4. The number of nitrogens with zero attached hydrogens (tertiary/aromatic N) is 4. The zero-order chi connectivity index (χ0) is 36.5. The van der Waals surface area contributed by atoms with Gasteiger partial charge in [0.05, 0.1) is 17.2 Å². The number of urea groups is 1. The van der Waals surface area contributed by atoms with E-state index in [1.165, 1.54) is 41.1 Å². The molecule has 3 fully saturated rings. The third-order valence-corrected chi connectivity index (χ3v) is 10.2. The van der Waals surface area contributed by atoms with Crippen molar-refractivity contribution < 1.29 is 55.0 Å². The van der Waals surface area contributed by atoms with Crippen LogP contribution in [-0.2, 0) is 21.9 Å². The van der Waals surface area contributed by atoms with E-state index in [-0.39, 0.29) is 37.1 Å². The Balaban J connectivity index is 1.34. The van der Waals surface area contributed by atoms with E-state index in [0.29, 0.717) is 74.3 Å². The molecule has 1 saturated carbocycles. The van der Waals surface area contributed by atoms with E-state index in [1.54, 1.807) is 4.90 Å². The van der Waals surface area contributed by atoms with Crippen molar-refractivity contribution in [1.82, 2.24) is 14.7 Å². The molecule has 2 saturated heterocycles. The Hall–Kier alpha value is -4.08. The molecule has 1 aliphatic carbocycles. The number of likely N-dealkylation sites (tertiary alicyclic amines) is 1. The van der Waals surface area contributed by atoms with E-state index in [1.807, 2.05) is 0 Å². The van der Waals surface area contributed by atoms with E-state index in [4.69, 9.17) is 4.74 Å². The number of anilines is 1. The quantitative estimate of drug-likeness (QED) is 0.323. The fraction of sp³-hybridized carbons (Fsp3) is 0.559. The van der Waals surface area contributed by atoms with Crippen molar-refractivity contribution in [3.05, 3.63) is 65.0 Å². The highest BCUT2D eigenvalue weighted by Crippen LogP contribution is 2.40. The van der Waals surface area contributed by atoms with Crippen molar-refractivity contribution in [3.63, 3.8) is 0 Å². The van der Waals surface area contributed by atoms with E-state index in [2.05, 4.69) is 0 Å². The van der Waals surface area contributed by atoms with Crippen LogP contribution in [0, 0.1) is 11.7 Å². The minimum Gasteiger partial charge on any atom is -0.465 e. The van der Waals surface area contributed by atoms with Crippen LogP contribution in [0.1, 0.15) is 61.1 Å². The van der Waals surface area contributed by atoms with Crippen LogP contribution < -0.4 is 4.90 Å². The molecule has 0 unspecified atom stereocenters. The molecule has 274 valence electrons. The molecule has 3 aliphatic rings. The molecule has 2 atom stereocenters. The molecule has 4 amide bonds. The predicted molar refractivity (Wildman–Crippen MR) is 167 cm³/mol. The van der Waals surface area contributed by atoms with Crippen molar-refractivity contribution in [2.45, 2.75) is 74.9 Å². The maximum Gasteiger partial charge on any atom is 0.416 e. The number of ether oxygens (including phenoxy) is 1. The van der Waals surface area contributed by atoms with Crippen LogP contribution >= 0.6 is 0 Å². The van der Waals surface area contributed by atoms with Gasteiger partial charge in [0.1, 0.15) is 5.82 Å². The van der Waals surface area contributed by atoms with E-state index in [9.17, 15) is 50.2 Å². The Morgan fingerprint density at radius 2 is 1.34 bits per heavy atom. The fourth-order valence-electron chi connectivity index (χ4n) is 7.45. The second-order valence-electron chi connectivity index (χ2n) is 13.2. The number of hydrogen-bond donors (Lipinski definition) is 1. The number of rotatable bonds is 6. The Morgan fingerprint density at radius 1 is 0.800 bits per heavy atom. The summed E-state index contributed by atoms with van der Waals surface area (Å²) in [5, 5.41) is 9.97. The van der Waals surface area contributed by atoms with Crippen LogP contribution in [0.25, 0.3) is 0 Å². The first-order valence-electron chi connectivity index (χ1n) is 16.4. The average Bonchev–Trinajstić information content (AvgIpc) is 3.52. The highest BCUT2D eigenvalue weighted by atomic mass is 19.4. The summed E-state index contributed by atoms with van der Waals surface area (Å²) in [5.74, 6) is -1.69. The van der Waals surface area contributed by atoms with E-state index < -0.39 is 65.0 Å². The summed E-state index contributed by atoms with van der Waals surface area (Å²) in [6, 6.07) is 4.29. The lowest BCUT2D eigenvalue weighted by Crippen LogP contribution is -2.51. The maximum absolute atomic E-state index is 13.9. The lowest BCUT2D eigenvalue weighted by molar-refractivity contribution is -0.143. The van der Waals surface area contributed by atoms with Crippen molar-refractivity contribution in [3.8, 4) is 0 Å². The number of halogens is 7. The van der Waals surface area contributed by atoms with Crippen LogP contribution in [0.15, 0.2) is 42.5 Å². The zero-order valence-corrected chi connectivity index (χ0v) is 27.5. The number of benzene rings is 2. The Morgan fingerprint density at radius 3 is 1.86 bits per heavy atom. The highest BCUT2D eigenvalue weighted by molar-refractivity contribution is 5.92. The number of amides is 4. The van der Waals surface area contributed by atoms with Gasteiger partial charge in [0.25, 0.3) is 0 Å². The van der Waals surface area contributed by atoms with Gasteiger partial charge < -0.3 is 24.5 Å². The summed E-state index contributed by atoms with van der Waals surface area (Å²) in [6.45, 7) is 1.10. The molecule has 9 nitrogen and oxygen atoms in total. The number of alkyl halides is 6. The molecule has 0 bridgehead atoms. The van der Waals surface area contributed by atoms with Gasteiger partial charge in [-0.1, -0.05) is 12.1 Å². The Bertz CT molecular complexity index is 1510. The highest BCUT2D eigenvalue weighted by Gasteiger charge is 2.44. The molecule has 0 spiro atoms. The number of carbonyl (C=O) groups is 3. The molecule has 1 N–H and O–H groups in total. The topological polar surface area (TPSA) is 93.6 Å². The van der Waals surface area contributed by atoms with Crippen LogP contribution in [0.4, 0.5) is 46.0 Å². The smallest absolute Gasteiger partial charge is 0.416 e. The number of carboxylic acid groups (broad SMARTS) is 1. The monoisotopic (exact) mass is 716 g/mol. The van der Waals surface area contributed by atoms with Gasteiger partial charge in [-0.2, -0.15) is 26.3 Å². The maximum atomic E-state index is 13.9. The first-order valence-corrected chi connectivity index (χ1v) is 16.4. The van der Waals surface area contributed by atoms with Crippen LogP contribution in [0.5, 0.6) is 0 Å². The van der Waals surface area contributed by atoms with Gasteiger partial charge in [0.15, 0.2) is 0 Å². The third kappa shape index (κ3) is 8.10. The molecule has 2 aromatic carbocycles. The molecular weight excluding hydrogens is 677 g/mol. The Labute approximate surface area is 284 Å². The SMILES string of the molecule is CN(C(=O)N(C)[C@@H]1CN(C(=O)C2CCC(N(C(=O)O)C3CCOCC3)CC2)C[C@H]1c1ccc(F)cc1)c1cc(C(F)(F)F)cc(C(F)(F)F)c1. The molecule has 5 rings (SSSR count). The predicted octanol–water partition coefficient (Wildman–Crippen LogP) is 7.06. The third-order valence-electron chi connectivity index (χ3n) is 10.2. The lowest BCUT2D eigenvalue weighted by Gasteiger charge is -2.41. The van der Waals surface area contributed by atoms with Gasteiger partial charge in [0, 0.05) is 70.0 Å². The molecule has 2 aromatic rings. The summed E-state index contributed by atoms with van der Waals surface area (Å²) in [4.78, 5) is 44.7. The van der Waals surface area contributed by atoms with Crippen molar-refractivity contribution in [2.24, 2.45) is 5.92 Å². The van der Waals surface area contributed by atoms with Gasteiger partial charge in [-0.3, -0.25) is 9.69 Å². The number of hydrogen-bond acceptors (Lipinski definition) is 4. The second kappa shape index (κ2) is 14.6. The van der Waals surface area contributed by atoms with E-state index >= 15 is 0 Å². The minimum absolute atomic E-state index is 0.0105. The number of likely N-dealkylation sites (N-methyl/N-ethyl adjacent to an activating group) is 1. The summed E-state index contributed by atoms with van der Waals surface area (Å²) < 4.78 is 101. The van der Waals surface area contributed by atoms with Crippen LogP contribution in [0.3, 0.4) is 0 Å². The molecule has 0 aromatic heterocycles. The van der Waals surface area contributed by atoms with E-state index in [0.717, 1.165) is 7.05 Å². The summed E-state index contributed by atoms with van der Waals surface area (Å²) in [7, 11) is 2.42. The average molecular weight is 717 g/mol. The Kier molecular flexibility index (Phi) is 10.9. The molecule has 16 heteroatoms. The largest absolute Gasteiger partial charge is 0.465 e. The van der Waals surface area contributed by atoms with Crippen LogP contribution in [0.2, 0.25) is 0 Å². The fourth-order valence-corrected chi connectivity index (χ4v) is 7.45. The summed E-state index contributed by atoms with van der Waals surface area (Å²) >= 11 is 0. The van der Waals surface area contributed by atoms with Crippen molar-refractivity contribution in [2.75, 3.05) is 45.3 Å². The van der Waals surface area contributed by atoms with Gasteiger partial charge in [-0.05, 0) is 74.4 Å². The van der Waals surface area contributed by atoms with Crippen LogP contribution in [-0.4, -0.2) is 96.4 Å². The standard InChI is InChI=1S/C34H39F7N4O5/c1-42(27-16-22(33(36,37)38)15-23(17-27)34(39,40)41)31(47)43(2)29-19-44(18-28(29)20-3-7-24(35)8-4-20)30(46)21-5-9-25(10-6-21)45(32(48)49)26-11-13-50-14-12-26/h3-4,7-8,15-17,21,25-26,28-29H,5-6,9-14,18-19H2,1-2H3,(H,48,49)/t21?,25?,28-,29+/m0/s1. The van der Waals surface area contributed by atoms with Crippen molar-refractivity contribution >= 4 is 23.7 Å². The summed E-state index contributed by atoms with van der Waals surface area (Å²) in [5.41, 5.74) is -3.17.